The molecule has 10 heteroatoms. The third-order valence-electron chi connectivity index (χ3n) is 5.66. The Kier molecular flexibility index (Phi) is 6.14. The number of hydrogen-bond acceptors (Lipinski definition) is 8. The fourth-order valence-corrected chi connectivity index (χ4v) is 4.26. The van der Waals surface area contributed by atoms with Crippen molar-refractivity contribution in [1.82, 2.24) is 29.5 Å². The predicted octanol–water partition coefficient (Wildman–Crippen LogP) is 0.230. The number of hydrogen-bond donors (Lipinski definition) is 0. The summed E-state index contributed by atoms with van der Waals surface area (Å²) < 4.78 is 12.4. The van der Waals surface area contributed by atoms with Crippen molar-refractivity contribution < 1.29 is 18.7 Å². The Labute approximate surface area is 175 Å². The number of carbonyl (C=O) groups excluding carboxylic acids is 2. The van der Waals surface area contributed by atoms with E-state index in [1.165, 1.54) is 11.0 Å². The number of piperazine rings is 1. The maximum absolute atomic E-state index is 12.8. The second kappa shape index (κ2) is 8.97. The highest BCUT2D eigenvalue weighted by molar-refractivity contribution is 5.90. The summed E-state index contributed by atoms with van der Waals surface area (Å²) in [4.78, 5) is 35.8. The number of carbonyl (C=O) groups is 2. The van der Waals surface area contributed by atoms with Gasteiger partial charge < -0.3 is 14.1 Å². The number of rotatable bonds is 5. The molecule has 2 fully saturated rings. The highest BCUT2D eigenvalue weighted by Crippen LogP contribution is 2.22. The van der Waals surface area contributed by atoms with Crippen LogP contribution in [0.2, 0.25) is 0 Å². The fraction of sp³-hybridized carbons (Fsp3) is 0.600. The predicted molar refractivity (Wildman–Crippen MR) is 106 cm³/mol. The zero-order valence-corrected chi connectivity index (χ0v) is 17.4. The van der Waals surface area contributed by atoms with Gasteiger partial charge in [-0.05, 0) is 19.1 Å². The Balaban J connectivity index is 1.49. The van der Waals surface area contributed by atoms with Crippen molar-refractivity contribution in [3.05, 3.63) is 36.3 Å². The molecule has 2 aromatic heterocycles. The Morgan fingerprint density at radius 1 is 1.23 bits per heavy atom. The van der Waals surface area contributed by atoms with Crippen LogP contribution < -0.4 is 0 Å². The maximum atomic E-state index is 12.8. The standard InChI is InChI=1S/C20H28N6O4/c1-3-29-20(28)15-9-24(13-17-5-4-8-30-17)11-16-12-26(7-6-25(16)10-15)19(27)18-21-14-23(2)22-18/h4-5,8,14-16H,3,6-7,9-13H2,1-2H3/t15-,16+/m1/s1. The fourth-order valence-electron chi connectivity index (χ4n) is 4.26. The van der Waals surface area contributed by atoms with Crippen molar-refractivity contribution in [2.75, 3.05) is 45.9 Å². The van der Waals surface area contributed by atoms with Crippen molar-refractivity contribution in [1.29, 1.82) is 0 Å². The first kappa shape index (κ1) is 20.5. The molecule has 0 radical (unpaired) electrons. The van der Waals surface area contributed by atoms with Crippen LogP contribution in [0.25, 0.3) is 0 Å². The quantitative estimate of drug-likeness (QED) is 0.639. The minimum absolute atomic E-state index is 0.112. The minimum atomic E-state index is -0.232. The highest BCUT2D eigenvalue weighted by Gasteiger charge is 2.38. The number of fused-ring (bicyclic) bond motifs is 1. The van der Waals surface area contributed by atoms with E-state index in [1.807, 2.05) is 24.0 Å². The molecular weight excluding hydrogens is 388 g/mol. The third-order valence-corrected chi connectivity index (χ3v) is 5.66. The lowest BCUT2D eigenvalue weighted by atomic mass is 10.1. The van der Waals surface area contributed by atoms with E-state index in [0.717, 1.165) is 12.3 Å². The summed E-state index contributed by atoms with van der Waals surface area (Å²) in [5.74, 6) is 0.520. The van der Waals surface area contributed by atoms with Gasteiger partial charge >= 0.3 is 5.97 Å². The third kappa shape index (κ3) is 4.54. The lowest BCUT2D eigenvalue weighted by molar-refractivity contribution is -0.149. The molecule has 2 aromatic rings. The lowest BCUT2D eigenvalue weighted by Crippen LogP contribution is -2.57. The van der Waals surface area contributed by atoms with Gasteiger partial charge in [0.1, 0.15) is 12.1 Å². The Bertz CT molecular complexity index is 867. The highest BCUT2D eigenvalue weighted by atomic mass is 16.5. The first-order chi connectivity index (χ1) is 14.5. The number of esters is 1. The van der Waals surface area contributed by atoms with Crippen LogP contribution in [0.4, 0.5) is 0 Å². The van der Waals surface area contributed by atoms with Crippen LogP contribution in [0.15, 0.2) is 29.1 Å². The van der Waals surface area contributed by atoms with Crippen molar-refractivity contribution in [3.63, 3.8) is 0 Å². The molecule has 30 heavy (non-hydrogen) atoms. The molecule has 162 valence electrons. The summed E-state index contributed by atoms with van der Waals surface area (Å²) in [6.07, 6.45) is 3.19. The molecule has 0 unspecified atom stereocenters. The molecule has 0 saturated carbocycles. The number of aryl methyl sites for hydroxylation is 1. The lowest BCUT2D eigenvalue weighted by Gasteiger charge is -2.41. The van der Waals surface area contributed by atoms with Crippen LogP contribution in [0.5, 0.6) is 0 Å². The smallest absolute Gasteiger partial charge is 0.311 e. The molecule has 0 spiro atoms. The molecule has 10 nitrogen and oxygen atoms in total. The second-order valence-electron chi connectivity index (χ2n) is 7.86. The summed E-state index contributed by atoms with van der Waals surface area (Å²) >= 11 is 0. The first-order valence-electron chi connectivity index (χ1n) is 10.3. The van der Waals surface area contributed by atoms with Gasteiger partial charge in [0.25, 0.3) is 5.91 Å². The van der Waals surface area contributed by atoms with E-state index in [1.54, 1.807) is 13.3 Å². The molecule has 0 aliphatic carbocycles. The van der Waals surface area contributed by atoms with Crippen LogP contribution in [0.1, 0.15) is 23.3 Å². The molecule has 0 N–H and O–H groups in total. The molecule has 2 aliphatic heterocycles. The SMILES string of the molecule is CCOC(=O)[C@@H]1CN(Cc2ccco2)C[C@H]2CN(C(=O)c3ncn(C)n3)CCN2C1. The summed E-state index contributed by atoms with van der Waals surface area (Å²) in [7, 11) is 1.75. The number of nitrogens with zero attached hydrogens (tertiary/aromatic N) is 6. The van der Waals surface area contributed by atoms with Gasteiger partial charge in [0.2, 0.25) is 5.82 Å². The Hall–Kier alpha value is -2.72. The van der Waals surface area contributed by atoms with Gasteiger partial charge in [-0.15, -0.1) is 5.10 Å². The number of amides is 1. The molecule has 4 heterocycles. The molecule has 2 saturated heterocycles. The van der Waals surface area contributed by atoms with Crippen LogP contribution >= 0.6 is 0 Å². The number of ether oxygens (including phenoxy) is 1. The van der Waals surface area contributed by atoms with E-state index in [4.69, 9.17) is 9.15 Å². The maximum Gasteiger partial charge on any atom is 0.311 e. The van der Waals surface area contributed by atoms with Crippen LogP contribution in [-0.2, 0) is 23.1 Å². The summed E-state index contributed by atoms with van der Waals surface area (Å²) in [5.41, 5.74) is 0. The zero-order chi connectivity index (χ0) is 21.1. The molecule has 1 amide bonds. The Morgan fingerprint density at radius 2 is 2.10 bits per heavy atom. The molecule has 2 atom stereocenters. The van der Waals surface area contributed by atoms with Crippen LogP contribution in [-0.4, -0.2) is 93.3 Å². The summed E-state index contributed by atoms with van der Waals surface area (Å²) in [5, 5.41) is 4.15. The number of furan rings is 1. The van der Waals surface area contributed by atoms with E-state index >= 15 is 0 Å². The van der Waals surface area contributed by atoms with Gasteiger partial charge in [-0.3, -0.25) is 24.1 Å². The van der Waals surface area contributed by atoms with E-state index < -0.39 is 0 Å². The topological polar surface area (TPSA) is 96.9 Å². The minimum Gasteiger partial charge on any atom is -0.468 e. The molecule has 4 rings (SSSR count). The summed E-state index contributed by atoms with van der Waals surface area (Å²) in [6.45, 7) is 6.63. The molecule has 2 aliphatic rings. The zero-order valence-electron chi connectivity index (χ0n) is 17.4. The van der Waals surface area contributed by atoms with E-state index in [0.29, 0.717) is 45.9 Å². The van der Waals surface area contributed by atoms with Crippen molar-refractivity contribution in [2.24, 2.45) is 13.0 Å². The molecule has 0 bridgehead atoms. The largest absolute Gasteiger partial charge is 0.468 e. The first-order valence-corrected chi connectivity index (χ1v) is 10.3. The molecule has 0 aromatic carbocycles. The van der Waals surface area contributed by atoms with Crippen LogP contribution in [0, 0.1) is 5.92 Å². The number of aromatic nitrogens is 3. The normalized spacial score (nSPS) is 23.1. The van der Waals surface area contributed by atoms with Gasteiger partial charge in [-0.25, -0.2) is 4.98 Å². The van der Waals surface area contributed by atoms with Crippen LogP contribution in [0.3, 0.4) is 0 Å². The second-order valence-corrected chi connectivity index (χ2v) is 7.86. The molecular formula is C20H28N6O4. The van der Waals surface area contributed by atoms with E-state index in [2.05, 4.69) is 19.9 Å². The van der Waals surface area contributed by atoms with Gasteiger partial charge in [0, 0.05) is 52.4 Å². The van der Waals surface area contributed by atoms with E-state index in [-0.39, 0.29) is 29.7 Å². The van der Waals surface area contributed by atoms with Crippen molar-refractivity contribution in [3.8, 4) is 0 Å². The monoisotopic (exact) mass is 416 g/mol. The van der Waals surface area contributed by atoms with Crippen molar-refractivity contribution in [2.45, 2.75) is 19.5 Å². The van der Waals surface area contributed by atoms with Crippen molar-refractivity contribution >= 4 is 11.9 Å². The van der Waals surface area contributed by atoms with E-state index in [9.17, 15) is 9.59 Å². The average molecular weight is 416 g/mol. The van der Waals surface area contributed by atoms with Gasteiger partial charge in [-0.2, -0.15) is 0 Å². The average Bonchev–Trinajstić information content (AvgIpc) is 3.35. The Morgan fingerprint density at radius 3 is 2.80 bits per heavy atom. The van der Waals surface area contributed by atoms with Gasteiger partial charge in [-0.1, -0.05) is 0 Å². The van der Waals surface area contributed by atoms with Gasteiger partial charge in [0.15, 0.2) is 0 Å². The summed E-state index contributed by atoms with van der Waals surface area (Å²) in [6, 6.07) is 3.91. The van der Waals surface area contributed by atoms with Gasteiger partial charge in [0.05, 0.1) is 25.3 Å².